The summed E-state index contributed by atoms with van der Waals surface area (Å²) in [5.74, 6) is 0. The second-order valence-corrected chi connectivity index (χ2v) is 16.8. The first-order chi connectivity index (χ1) is 30.7. The number of aliphatic hydroxyl groups is 17. The Morgan fingerprint density at radius 1 is 0.323 bits per heavy atom. The van der Waals surface area contributed by atoms with Gasteiger partial charge in [0.25, 0.3) is 0 Å². The van der Waals surface area contributed by atoms with Crippen LogP contribution in [0.15, 0.2) is 0 Å². The molecule has 0 saturated carbocycles. The van der Waals surface area contributed by atoms with Gasteiger partial charge in [-0.3, -0.25) is 0 Å². The molecule has 0 aromatic heterocycles. The van der Waals surface area contributed by atoms with Crippen LogP contribution in [0.5, 0.6) is 0 Å². The Morgan fingerprint density at radius 3 is 1.26 bits per heavy atom. The van der Waals surface area contributed by atoms with Gasteiger partial charge in [0.05, 0.1) is 44.7 Å². The van der Waals surface area contributed by atoms with Crippen LogP contribution in [0.4, 0.5) is 0 Å². The first-order valence-electron chi connectivity index (χ1n) is 20.9. The topological polar surface area (TPSA) is 471 Å². The fourth-order valence-electron chi connectivity index (χ4n) is 8.43. The van der Waals surface area contributed by atoms with E-state index in [4.69, 9.17) is 57.8 Å². The molecule has 65 heavy (non-hydrogen) atoms. The molecule has 6 fully saturated rings. The molecule has 29 heteroatoms. The SMILES string of the molecule is C[C@@H]1O[C@@H](O[C@H]2[C@H](O[C@@H]3[C@@H](N)[C@H](O[C@H]4[C@@H](O)[C@@H](CO)O[C@@H](O[C@H]5[C@H](O)[C@@H](O)C(O)O[C@@H]5CO)[C@@H]4O)O[C@H](CO)[C@H]3O[C@@H]3O[C@@H](C)[C@@H](O)[C@@H](O)[C@@H]3O)O[C@H](CO)[C@H](O)[C@@H]2O)[C@@H](O)[C@H](O)[C@@H]1O. The molecule has 6 rings (SSSR count). The van der Waals surface area contributed by atoms with Crippen molar-refractivity contribution >= 4 is 0 Å². The molecule has 0 spiro atoms. The lowest BCUT2D eigenvalue weighted by Gasteiger charge is -2.51. The van der Waals surface area contributed by atoms with Gasteiger partial charge >= 0.3 is 0 Å². The molecule has 6 heterocycles. The van der Waals surface area contributed by atoms with E-state index in [9.17, 15) is 86.8 Å². The van der Waals surface area contributed by atoms with Crippen molar-refractivity contribution in [2.45, 2.75) is 198 Å². The molecule has 19 N–H and O–H groups in total. The largest absolute Gasteiger partial charge is 0.394 e. The maximum absolute atomic E-state index is 11.5. The molecular weight excluding hydrogens is 894 g/mol. The fourth-order valence-corrected chi connectivity index (χ4v) is 8.43. The smallest absolute Gasteiger partial charge is 0.187 e. The van der Waals surface area contributed by atoms with Crippen molar-refractivity contribution in [2.24, 2.45) is 5.73 Å². The number of aliphatic hydroxyl groups excluding tert-OH is 17. The van der Waals surface area contributed by atoms with Crippen LogP contribution in [0.2, 0.25) is 0 Å². The predicted molar refractivity (Wildman–Crippen MR) is 198 cm³/mol. The minimum Gasteiger partial charge on any atom is -0.394 e. The van der Waals surface area contributed by atoms with E-state index in [1.165, 1.54) is 13.8 Å². The molecule has 380 valence electrons. The molecule has 6 aliphatic heterocycles. The van der Waals surface area contributed by atoms with Gasteiger partial charge in [0.1, 0.15) is 128 Å². The third-order valence-electron chi connectivity index (χ3n) is 12.4. The van der Waals surface area contributed by atoms with Crippen molar-refractivity contribution in [3.05, 3.63) is 0 Å². The van der Waals surface area contributed by atoms with Gasteiger partial charge in [-0.05, 0) is 13.8 Å². The molecule has 0 radical (unpaired) electrons. The molecule has 6 saturated heterocycles. The minimum atomic E-state index is -2.13. The van der Waals surface area contributed by atoms with E-state index in [-0.39, 0.29) is 0 Å². The standard InChI is InChI=1S/C36H63NO28/c1-7-14(42)18(46)23(51)33(55-7)62-27-12(6-41)60-32(64-29-17(45)10(4-39)58-35(25(29)53)61-26-11(5-40)57-31(54)22(50)21(26)49)13(37)28(27)63-36-30(20(48)16(44)9(3-38)59-36)65-34-24(52)19(47)15(43)8(2)56-34/h7-36,38-54H,3-6,37H2,1-2H3/t7-,8-,9+,10+,11+,12+,13+,14+,15+,16-,17-,18+,19+,20-,21+,22+,23-,24-,25+,26+,27+,28+,29-,30+,31?,32-,33-,34-,35-,36-/m0/s1. The van der Waals surface area contributed by atoms with Gasteiger partial charge in [0, 0.05) is 0 Å². The first-order valence-corrected chi connectivity index (χ1v) is 20.9. The van der Waals surface area contributed by atoms with Crippen LogP contribution in [0, 0.1) is 0 Å². The average Bonchev–Trinajstić information content (AvgIpc) is 3.28. The second kappa shape index (κ2) is 22.3. The van der Waals surface area contributed by atoms with Crippen molar-refractivity contribution in [3.63, 3.8) is 0 Å². The molecular formula is C36H63NO28. The zero-order valence-corrected chi connectivity index (χ0v) is 34.8. The number of ether oxygens (including phenoxy) is 11. The summed E-state index contributed by atoms with van der Waals surface area (Å²) in [6.45, 7) is -1.16. The van der Waals surface area contributed by atoms with Crippen LogP contribution in [0.3, 0.4) is 0 Å². The Labute approximate surface area is 369 Å². The van der Waals surface area contributed by atoms with Gasteiger partial charge < -0.3 is 145 Å². The highest BCUT2D eigenvalue weighted by molar-refractivity contribution is 5.01. The summed E-state index contributed by atoms with van der Waals surface area (Å²) >= 11 is 0. The Bertz CT molecular complexity index is 1480. The summed E-state index contributed by atoms with van der Waals surface area (Å²) in [6, 6.07) is -1.80. The number of hydrogen-bond donors (Lipinski definition) is 18. The van der Waals surface area contributed by atoms with Gasteiger partial charge in [-0.2, -0.15) is 0 Å². The molecule has 0 bridgehead atoms. The Hall–Kier alpha value is -1.16. The van der Waals surface area contributed by atoms with Gasteiger partial charge in [-0.1, -0.05) is 0 Å². The molecule has 0 aromatic rings. The summed E-state index contributed by atoms with van der Waals surface area (Å²) in [7, 11) is 0. The highest BCUT2D eigenvalue weighted by Gasteiger charge is 2.58. The third kappa shape index (κ3) is 10.8. The highest BCUT2D eigenvalue weighted by Crippen LogP contribution is 2.37. The van der Waals surface area contributed by atoms with Gasteiger partial charge in [0.15, 0.2) is 37.7 Å². The van der Waals surface area contributed by atoms with Crippen LogP contribution in [-0.2, 0) is 52.1 Å². The molecule has 30 atom stereocenters. The van der Waals surface area contributed by atoms with E-state index in [0.717, 1.165) is 0 Å². The van der Waals surface area contributed by atoms with Crippen LogP contribution < -0.4 is 5.73 Å². The second-order valence-electron chi connectivity index (χ2n) is 16.8. The summed E-state index contributed by atoms with van der Waals surface area (Å²) in [5.41, 5.74) is 6.72. The van der Waals surface area contributed by atoms with Crippen molar-refractivity contribution in [1.29, 1.82) is 0 Å². The van der Waals surface area contributed by atoms with Crippen LogP contribution in [0.25, 0.3) is 0 Å². The van der Waals surface area contributed by atoms with E-state index in [1.54, 1.807) is 0 Å². The summed E-state index contributed by atoms with van der Waals surface area (Å²) in [4.78, 5) is 0. The zero-order valence-electron chi connectivity index (χ0n) is 34.8. The lowest BCUT2D eigenvalue weighted by molar-refractivity contribution is -0.399. The minimum absolute atomic E-state index is 0.885. The monoisotopic (exact) mass is 957 g/mol. The normalized spacial score (nSPS) is 54.6. The summed E-state index contributed by atoms with van der Waals surface area (Å²) in [6.07, 6.45) is -52.4. The van der Waals surface area contributed by atoms with E-state index in [1.807, 2.05) is 0 Å². The van der Waals surface area contributed by atoms with Crippen LogP contribution in [-0.4, -0.2) is 297 Å². The van der Waals surface area contributed by atoms with Crippen molar-refractivity contribution in [2.75, 3.05) is 26.4 Å². The van der Waals surface area contributed by atoms with E-state index < -0.39 is 211 Å². The molecule has 29 nitrogen and oxygen atoms in total. The maximum Gasteiger partial charge on any atom is 0.187 e. The summed E-state index contributed by atoms with van der Waals surface area (Å²) < 4.78 is 63.3. The van der Waals surface area contributed by atoms with E-state index in [2.05, 4.69) is 0 Å². The van der Waals surface area contributed by atoms with E-state index in [0.29, 0.717) is 0 Å². The Kier molecular flexibility index (Phi) is 18.2. The summed E-state index contributed by atoms with van der Waals surface area (Å²) in [5, 5.41) is 180. The van der Waals surface area contributed by atoms with Gasteiger partial charge in [0.2, 0.25) is 0 Å². The molecule has 6 aliphatic rings. The van der Waals surface area contributed by atoms with Crippen molar-refractivity contribution in [1.82, 2.24) is 0 Å². The third-order valence-corrected chi connectivity index (χ3v) is 12.4. The van der Waals surface area contributed by atoms with Crippen LogP contribution >= 0.6 is 0 Å². The highest BCUT2D eigenvalue weighted by atomic mass is 16.8. The predicted octanol–water partition coefficient (Wildman–Crippen LogP) is -12.1. The molecule has 0 aromatic carbocycles. The van der Waals surface area contributed by atoms with Crippen molar-refractivity contribution in [3.8, 4) is 0 Å². The average molecular weight is 958 g/mol. The maximum atomic E-state index is 11.5. The van der Waals surface area contributed by atoms with Crippen molar-refractivity contribution < 1.29 is 139 Å². The van der Waals surface area contributed by atoms with Gasteiger partial charge in [-0.25, -0.2) is 0 Å². The molecule has 0 amide bonds. The lowest BCUT2D eigenvalue weighted by atomic mass is 9.94. The van der Waals surface area contributed by atoms with Gasteiger partial charge in [-0.15, -0.1) is 0 Å². The lowest BCUT2D eigenvalue weighted by Crippen LogP contribution is -2.70. The Balaban J connectivity index is 1.32. The number of hydrogen-bond acceptors (Lipinski definition) is 29. The molecule has 0 aliphatic carbocycles. The number of nitrogens with two attached hydrogens (primary N) is 1. The molecule has 1 unspecified atom stereocenters. The quantitative estimate of drug-likeness (QED) is 0.0768. The van der Waals surface area contributed by atoms with Crippen LogP contribution in [0.1, 0.15) is 13.8 Å². The number of rotatable bonds is 14. The Morgan fingerprint density at radius 2 is 0.723 bits per heavy atom. The van der Waals surface area contributed by atoms with E-state index >= 15 is 0 Å². The first kappa shape index (κ1) is 53.2. The zero-order chi connectivity index (χ0) is 47.9. The fraction of sp³-hybridized carbons (Fsp3) is 1.00.